The maximum Gasteiger partial charge on any atom is 0.279 e. The van der Waals surface area contributed by atoms with Gasteiger partial charge in [0, 0.05) is 32.8 Å². The number of rotatable bonds is 6. The summed E-state index contributed by atoms with van der Waals surface area (Å²) in [4.78, 5) is 0. The monoisotopic (exact) mass is 273 g/mol. The van der Waals surface area contributed by atoms with Gasteiger partial charge in [0.25, 0.3) is 10.2 Å². The van der Waals surface area contributed by atoms with Gasteiger partial charge in [-0.25, -0.2) is 0 Å². The van der Waals surface area contributed by atoms with Gasteiger partial charge < -0.3 is 10.5 Å². The number of likely N-dealkylation sites (N-methyl/N-ethyl adjacent to an activating group) is 1. The summed E-state index contributed by atoms with van der Waals surface area (Å²) < 4.78 is 32.0. The Bertz CT molecular complexity index is 293. The number of nitrogens with one attached hydrogen (secondary N) is 1. The van der Waals surface area contributed by atoms with Crippen LogP contribution in [0.2, 0.25) is 0 Å². The van der Waals surface area contributed by atoms with E-state index in [4.69, 9.17) is 10.5 Å². The summed E-state index contributed by atoms with van der Waals surface area (Å²) in [6.45, 7) is 0.742. The third-order valence-electron chi connectivity index (χ3n) is 2.51. The van der Waals surface area contributed by atoms with Crippen molar-refractivity contribution in [1.82, 2.24) is 9.03 Å². The van der Waals surface area contributed by atoms with E-state index in [1.807, 2.05) is 0 Å². The molecule has 0 aromatic heterocycles. The first-order valence-electron chi connectivity index (χ1n) is 4.94. The highest BCUT2D eigenvalue weighted by atomic mass is 35.5. The molecule has 16 heavy (non-hydrogen) atoms. The first kappa shape index (κ1) is 16.1. The van der Waals surface area contributed by atoms with Gasteiger partial charge in [0.05, 0.1) is 6.61 Å². The van der Waals surface area contributed by atoms with Crippen LogP contribution in [0.5, 0.6) is 0 Å². The van der Waals surface area contributed by atoms with Gasteiger partial charge in [-0.1, -0.05) is 0 Å². The average molecular weight is 274 g/mol. The number of hydrogen-bond acceptors (Lipinski definition) is 4. The average Bonchev–Trinajstić information content (AvgIpc) is 2.11. The standard InChI is InChI=1S/C8H19N3O3S.ClH/c1-11(3-4-14-2)15(12,13)10-8-5-7(9)6-8;/h7-8,10H,3-6,9H2,1-2H3;1H. The first-order valence-corrected chi connectivity index (χ1v) is 6.38. The Morgan fingerprint density at radius 3 is 2.50 bits per heavy atom. The molecule has 1 saturated carbocycles. The maximum absolute atomic E-state index is 11.7. The van der Waals surface area contributed by atoms with Crippen LogP contribution in [-0.2, 0) is 14.9 Å². The number of ether oxygens (including phenoxy) is 1. The molecule has 0 heterocycles. The van der Waals surface area contributed by atoms with Crippen molar-refractivity contribution in [2.24, 2.45) is 5.73 Å². The molecule has 1 aliphatic rings. The molecule has 1 aliphatic carbocycles. The summed E-state index contributed by atoms with van der Waals surface area (Å²) in [5, 5.41) is 0. The van der Waals surface area contributed by atoms with Crippen molar-refractivity contribution < 1.29 is 13.2 Å². The quantitative estimate of drug-likeness (QED) is 0.671. The molecular weight excluding hydrogens is 254 g/mol. The fourth-order valence-electron chi connectivity index (χ4n) is 1.40. The van der Waals surface area contributed by atoms with Crippen molar-refractivity contribution in [2.75, 3.05) is 27.3 Å². The zero-order valence-corrected chi connectivity index (χ0v) is 11.2. The lowest BCUT2D eigenvalue weighted by atomic mass is 9.89. The Kier molecular flexibility index (Phi) is 6.76. The molecule has 98 valence electrons. The molecule has 0 aromatic rings. The fourth-order valence-corrected chi connectivity index (χ4v) is 2.51. The molecule has 0 amide bonds. The number of halogens is 1. The lowest BCUT2D eigenvalue weighted by Crippen LogP contribution is -2.53. The molecule has 1 rings (SSSR count). The van der Waals surface area contributed by atoms with Crippen LogP contribution in [0.4, 0.5) is 0 Å². The SMILES string of the molecule is COCCN(C)S(=O)(=O)NC1CC(N)C1.Cl. The molecule has 0 atom stereocenters. The van der Waals surface area contributed by atoms with E-state index in [0.29, 0.717) is 13.2 Å². The van der Waals surface area contributed by atoms with Crippen molar-refractivity contribution >= 4 is 22.6 Å². The van der Waals surface area contributed by atoms with Crippen molar-refractivity contribution in [3.8, 4) is 0 Å². The summed E-state index contributed by atoms with van der Waals surface area (Å²) in [5.74, 6) is 0. The van der Waals surface area contributed by atoms with Crippen LogP contribution in [0, 0.1) is 0 Å². The molecule has 0 aliphatic heterocycles. The second-order valence-electron chi connectivity index (χ2n) is 3.87. The number of nitrogens with two attached hydrogens (primary N) is 1. The van der Waals surface area contributed by atoms with Gasteiger partial charge in [-0.2, -0.15) is 17.4 Å². The molecule has 0 bridgehead atoms. The van der Waals surface area contributed by atoms with Crippen molar-refractivity contribution in [3.05, 3.63) is 0 Å². The van der Waals surface area contributed by atoms with Gasteiger partial charge in [0.15, 0.2) is 0 Å². The van der Waals surface area contributed by atoms with Crippen LogP contribution < -0.4 is 10.5 Å². The molecule has 0 aromatic carbocycles. The van der Waals surface area contributed by atoms with Crippen LogP contribution in [0.3, 0.4) is 0 Å². The van der Waals surface area contributed by atoms with Gasteiger partial charge in [-0.05, 0) is 12.8 Å². The lowest BCUT2D eigenvalue weighted by molar-refractivity contribution is 0.184. The van der Waals surface area contributed by atoms with Gasteiger partial charge >= 0.3 is 0 Å². The number of hydrogen-bond donors (Lipinski definition) is 2. The van der Waals surface area contributed by atoms with E-state index in [1.54, 1.807) is 7.11 Å². The molecule has 0 unspecified atom stereocenters. The largest absolute Gasteiger partial charge is 0.383 e. The van der Waals surface area contributed by atoms with Gasteiger partial charge in [0.1, 0.15) is 0 Å². The minimum atomic E-state index is -3.37. The van der Waals surface area contributed by atoms with Crippen molar-refractivity contribution in [3.63, 3.8) is 0 Å². The minimum absolute atomic E-state index is 0. The van der Waals surface area contributed by atoms with E-state index < -0.39 is 10.2 Å². The zero-order chi connectivity index (χ0) is 11.5. The second kappa shape index (κ2) is 6.73. The predicted octanol–water partition coefficient (Wildman–Crippen LogP) is -0.689. The summed E-state index contributed by atoms with van der Waals surface area (Å²) in [5.41, 5.74) is 5.58. The maximum atomic E-state index is 11.7. The topological polar surface area (TPSA) is 84.7 Å². The van der Waals surface area contributed by atoms with Gasteiger partial charge in [-0.3, -0.25) is 0 Å². The van der Waals surface area contributed by atoms with E-state index in [-0.39, 0.29) is 24.5 Å². The van der Waals surface area contributed by atoms with Crippen LogP contribution in [0.1, 0.15) is 12.8 Å². The predicted molar refractivity (Wildman–Crippen MR) is 64.8 cm³/mol. The zero-order valence-electron chi connectivity index (χ0n) is 9.55. The summed E-state index contributed by atoms with van der Waals surface area (Å²) >= 11 is 0. The molecule has 0 radical (unpaired) electrons. The number of methoxy groups -OCH3 is 1. The third-order valence-corrected chi connectivity index (χ3v) is 4.15. The normalized spacial score (nSPS) is 25.0. The highest BCUT2D eigenvalue weighted by molar-refractivity contribution is 7.87. The fraction of sp³-hybridized carbons (Fsp3) is 1.00. The van der Waals surface area contributed by atoms with Crippen LogP contribution in [0.25, 0.3) is 0 Å². The lowest BCUT2D eigenvalue weighted by Gasteiger charge is -2.33. The molecule has 3 N–H and O–H groups in total. The summed E-state index contributed by atoms with van der Waals surface area (Å²) in [6.07, 6.45) is 1.44. The van der Waals surface area contributed by atoms with Gasteiger partial charge in [0.2, 0.25) is 0 Å². The molecule has 0 spiro atoms. The Labute approximate surface area is 103 Å². The smallest absolute Gasteiger partial charge is 0.279 e. The molecule has 1 fully saturated rings. The summed E-state index contributed by atoms with van der Waals surface area (Å²) in [6, 6.07) is 0.136. The number of nitrogens with zero attached hydrogens (tertiary/aromatic N) is 1. The van der Waals surface area contributed by atoms with E-state index in [0.717, 1.165) is 12.8 Å². The second-order valence-corrected chi connectivity index (χ2v) is 5.67. The first-order chi connectivity index (χ1) is 6.95. The Hall–Kier alpha value is 0.0800. The minimum Gasteiger partial charge on any atom is -0.383 e. The van der Waals surface area contributed by atoms with Crippen molar-refractivity contribution in [2.45, 2.75) is 24.9 Å². The Balaban J connectivity index is 0.00000225. The summed E-state index contributed by atoms with van der Waals surface area (Å²) in [7, 11) is -0.300. The van der Waals surface area contributed by atoms with Gasteiger partial charge in [-0.15, -0.1) is 12.4 Å². The third kappa shape index (κ3) is 4.52. The Morgan fingerprint density at radius 2 is 2.06 bits per heavy atom. The van der Waals surface area contributed by atoms with E-state index >= 15 is 0 Å². The highest BCUT2D eigenvalue weighted by Crippen LogP contribution is 2.18. The molecule has 6 nitrogen and oxygen atoms in total. The van der Waals surface area contributed by atoms with E-state index in [2.05, 4.69) is 4.72 Å². The van der Waals surface area contributed by atoms with Crippen LogP contribution >= 0.6 is 12.4 Å². The molecule has 8 heteroatoms. The van der Waals surface area contributed by atoms with Crippen molar-refractivity contribution in [1.29, 1.82) is 0 Å². The van der Waals surface area contributed by atoms with Crippen LogP contribution in [-0.4, -0.2) is 52.1 Å². The highest BCUT2D eigenvalue weighted by Gasteiger charge is 2.31. The molecule has 0 saturated heterocycles. The van der Waals surface area contributed by atoms with E-state index in [1.165, 1.54) is 11.4 Å². The van der Waals surface area contributed by atoms with E-state index in [9.17, 15) is 8.42 Å². The van der Waals surface area contributed by atoms with Crippen LogP contribution in [0.15, 0.2) is 0 Å². The molecular formula is C8H20ClN3O3S. The Morgan fingerprint density at radius 1 is 1.50 bits per heavy atom.